The maximum Gasteiger partial charge on any atom is 0.417 e. The van der Waals surface area contributed by atoms with Crippen molar-refractivity contribution in [2.24, 2.45) is 5.92 Å². The zero-order valence-corrected chi connectivity index (χ0v) is 34.8. The molecule has 0 bridgehead atoms. The summed E-state index contributed by atoms with van der Waals surface area (Å²) in [5.41, 5.74) is 0.498. The van der Waals surface area contributed by atoms with Crippen LogP contribution in [0.2, 0.25) is 30.7 Å². The lowest BCUT2D eigenvalue weighted by Gasteiger charge is -2.28. The van der Waals surface area contributed by atoms with Crippen LogP contribution in [0.3, 0.4) is 0 Å². The van der Waals surface area contributed by atoms with Gasteiger partial charge in [-0.3, -0.25) is 0 Å². The predicted molar refractivity (Wildman–Crippen MR) is 208 cm³/mol. The molecule has 7 rings (SSSR count). The molecular formula is C37H51ClF3N7O5SSi. The zero-order chi connectivity index (χ0) is 39.5. The highest BCUT2D eigenvalue weighted by atomic mass is 35.5. The Balaban J connectivity index is 1.06. The number of alkyl halides is 3. The third-order valence-electron chi connectivity index (χ3n) is 10.7. The van der Waals surface area contributed by atoms with Crippen LogP contribution in [0.1, 0.15) is 63.4 Å². The molecule has 0 spiro atoms. The molecule has 0 amide bonds. The van der Waals surface area contributed by atoms with E-state index in [-0.39, 0.29) is 49.5 Å². The molecule has 0 radical (unpaired) electrons. The monoisotopic (exact) mass is 825 g/mol. The van der Waals surface area contributed by atoms with Gasteiger partial charge in [0.15, 0.2) is 5.79 Å². The molecule has 1 N–H and O–H groups in total. The molecule has 4 atom stereocenters. The van der Waals surface area contributed by atoms with Crippen LogP contribution in [0.15, 0.2) is 30.7 Å². The summed E-state index contributed by atoms with van der Waals surface area (Å²) in [7, 11) is -4.98. The van der Waals surface area contributed by atoms with E-state index in [1.165, 1.54) is 16.6 Å². The lowest BCUT2D eigenvalue weighted by Crippen LogP contribution is -2.39. The van der Waals surface area contributed by atoms with Crippen LogP contribution in [0, 0.1) is 5.92 Å². The number of hydrogen-bond donors (Lipinski definition) is 1. The topological polar surface area (TPSA) is 126 Å². The number of anilines is 1. The van der Waals surface area contributed by atoms with Crippen LogP contribution >= 0.6 is 11.6 Å². The SMILES string of the molecule is CC1(C)O[C@@H]2[C@H](O1)C(CN(CCCCc1nc3cc(C(F)(F)F)c(Cl)cc3n1COCC[Si](C)(C)C)S(C)(=O)=O)C[C@H]2n1ccc2c(NC3CC3)ncnc21. The summed E-state index contributed by atoms with van der Waals surface area (Å²) in [6.45, 7) is 11.6. The van der Waals surface area contributed by atoms with Crippen molar-refractivity contribution in [2.75, 3.05) is 31.3 Å². The number of unbranched alkanes of at least 4 members (excludes halogenated alkanes) is 1. The summed E-state index contributed by atoms with van der Waals surface area (Å²) in [5, 5.41) is 4.03. The van der Waals surface area contributed by atoms with Gasteiger partial charge in [0.05, 0.1) is 45.4 Å². The molecule has 2 saturated carbocycles. The van der Waals surface area contributed by atoms with Crippen LogP contribution in [0.25, 0.3) is 22.1 Å². The van der Waals surface area contributed by atoms with Crippen molar-refractivity contribution in [1.29, 1.82) is 0 Å². The first kappa shape index (κ1) is 40.4. The second kappa shape index (κ2) is 15.2. The van der Waals surface area contributed by atoms with Crippen molar-refractivity contribution >= 4 is 57.6 Å². The zero-order valence-electron chi connectivity index (χ0n) is 32.2. The van der Waals surface area contributed by atoms with Crippen LogP contribution in [0.4, 0.5) is 19.0 Å². The van der Waals surface area contributed by atoms with E-state index in [9.17, 15) is 21.6 Å². The highest BCUT2D eigenvalue weighted by Crippen LogP contribution is 2.48. The minimum Gasteiger partial charge on any atom is -0.367 e. The Morgan fingerprint density at radius 1 is 1.13 bits per heavy atom. The normalized spacial score (nSPS) is 23.0. The van der Waals surface area contributed by atoms with E-state index < -0.39 is 40.6 Å². The Labute approximate surface area is 326 Å². The number of halogens is 4. The molecule has 302 valence electrons. The lowest BCUT2D eigenvalue weighted by molar-refractivity contribution is -0.160. The second-order valence-corrected chi connectivity index (χ2v) is 24.9. The molecule has 1 unspecified atom stereocenters. The number of imidazole rings is 1. The van der Waals surface area contributed by atoms with E-state index in [0.717, 1.165) is 41.8 Å². The van der Waals surface area contributed by atoms with Gasteiger partial charge >= 0.3 is 6.18 Å². The molecule has 2 aliphatic carbocycles. The molecular weight excluding hydrogens is 775 g/mol. The smallest absolute Gasteiger partial charge is 0.367 e. The number of aryl methyl sites for hydroxylation is 1. The summed E-state index contributed by atoms with van der Waals surface area (Å²) in [4.78, 5) is 13.7. The summed E-state index contributed by atoms with van der Waals surface area (Å²) in [5.74, 6) is 0.375. The lowest BCUT2D eigenvalue weighted by atomic mass is 10.1. The number of ether oxygens (including phenoxy) is 3. The fourth-order valence-electron chi connectivity index (χ4n) is 7.79. The second-order valence-electron chi connectivity index (χ2n) is 16.9. The number of nitrogens with one attached hydrogen (secondary N) is 1. The Bertz CT molecular complexity index is 2140. The maximum atomic E-state index is 13.7. The van der Waals surface area contributed by atoms with Crippen molar-refractivity contribution in [3.63, 3.8) is 0 Å². The van der Waals surface area contributed by atoms with Gasteiger partial charge in [0, 0.05) is 52.3 Å². The van der Waals surface area contributed by atoms with Gasteiger partial charge in [-0.1, -0.05) is 31.2 Å². The van der Waals surface area contributed by atoms with Gasteiger partial charge in [-0.15, -0.1) is 0 Å². The van der Waals surface area contributed by atoms with E-state index in [4.69, 9.17) is 25.8 Å². The largest absolute Gasteiger partial charge is 0.417 e. The van der Waals surface area contributed by atoms with Crippen LogP contribution in [0.5, 0.6) is 0 Å². The van der Waals surface area contributed by atoms with E-state index in [1.807, 2.05) is 26.1 Å². The molecule has 12 nitrogen and oxygen atoms in total. The predicted octanol–water partition coefficient (Wildman–Crippen LogP) is 7.71. The first-order chi connectivity index (χ1) is 25.8. The quantitative estimate of drug-likeness (QED) is 0.0894. The molecule has 1 aromatic carbocycles. The van der Waals surface area contributed by atoms with Crippen LogP contribution in [-0.2, 0) is 43.6 Å². The van der Waals surface area contributed by atoms with Crippen molar-refractivity contribution in [2.45, 2.75) is 121 Å². The van der Waals surface area contributed by atoms with E-state index in [2.05, 4.69) is 44.5 Å². The maximum absolute atomic E-state index is 13.7. The summed E-state index contributed by atoms with van der Waals surface area (Å²) >= 11 is 6.12. The van der Waals surface area contributed by atoms with E-state index in [0.29, 0.717) is 49.7 Å². The minimum atomic E-state index is -4.62. The molecule has 18 heteroatoms. The molecule has 4 heterocycles. The highest BCUT2D eigenvalue weighted by molar-refractivity contribution is 7.88. The minimum absolute atomic E-state index is 0.123. The summed E-state index contributed by atoms with van der Waals surface area (Å²) in [6.07, 6.45) is 3.86. The third kappa shape index (κ3) is 9.18. The molecule has 55 heavy (non-hydrogen) atoms. The number of fused-ring (bicyclic) bond motifs is 3. The number of aromatic nitrogens is 5. The van der Waals surface area contributed by atoms with Gasteiger partial charge in [0.2, 0.25) is 10.0 Å². The van der Waals surface area contributed by atoms with Crippen molar-refractivity contribution < 1.29 is 35.8 Å². The average Bonchev–Trinajstić information content (AvgIpc) is 3.38. The van der Waals surface area contributed by atoms with Gasteiger partial charge in [0.1, 0.15) is 36.5 Å². The van der Waals surface area contributed by atoms with Gasteiger partial charge in [-0.2, -0.15) is 13.2 Å². The number of benzene rings is 1. The number of sulfonamides is 1. The third-order valence-corrected chi connectivity index (χ3v) is 14.0. The average molecular weight is 826 g/mol. The van der Waals surface area contributed by atoms with Gasteiger partial charge in [-0.25, -0.2) is 27.7 Å². The summed E-state index contributed by atoms with van der Waals surface area (Å²) in [6, 6.07) is 5.53. The summed E-state index contributed by atoms with van der Waals surface area (Å²) < 4.78 is 91.9. The first-order valence-electron chi connectivity index (χ1n) is 19.0. The van der Waals surface area contributed by atoms with E-state index in [1.54, 1.807) is 10.9 Å². The molecule has 3 aliphatic rings. The highest BCUT2D eigenvalue weighted by Gasteiger charge is 2.55. The Morgan fingerprint density at radius 2 is 1.87 bits per heavy atom. The number of nitrogens with zero attached hydrogens (tertiary/aromatic N) is 6. The van der Waals surface area contributed by atoms with Crippen molar-refractivity contribution in [3.05, 3.63) is 47.1 Å². The molecule has 1 aliphatic heterocycles. The number of hydrogen-bond acceptors (Lipinski definition) is 9. The van der Waals surface area contributed by atoms with Crippen molar-refractivity contribution in [1.82, 2.24) is 28.4 Å². The molecule has 3 fully saturated rings. The van der Waals surface area contributed by atoms with Crippen LogP contribution < -0.4 is 5.32 Å². The van der Waals surface area contributed by atoms with E-state index >= 15 is 0 Å². The molecule has 4 aromatic rings. The molecule has 1 saturated heterocycles. The number of rotatable bonds is 16. The van der Waals surface area contributed by atoms with Gasteiger partial charge in [0.25, 0.3) is 0 Å². The molecule has 3 aromatic heterocycles. The fraction of sp³-hybridized carbons (Fsp3) is 0.649. The van der Waals surface area contributed by atoms with Crippen molar-refractivity contribution in [3.8, 4) is 0 Å². The van der Waals surface area contributed by atoms with Gasteiger partial charge < -0.3 is 28.7 Å². The fourth-order valence-corrected chi connectivity index (χ4v) is 9.73. The Hall–Kier alpha value is -2.80. The first-order valence-corrected chi connectivity index (χ1v) is 24.9. The Morgan fingerprint density at radius 3 is 2.56 bits per heavy atom. The standard InChI is InChI=1S/C37H51ClF3N7O5SSi/c1-36(2)52-32-23(17-30(33(32)53-36)47-14-12-25-34(44-24-10-11-24)42-21-43-35(25)47)20-46(54(3,49)50)13-8-7-9-31-45-28-18-26(37(39,40)41)27(38)19-29(28)48(31)22-51-15-16-55(4,5)6/h12,14,18-19,21,23-24,30,32-33H,7-11,13,15-17,20,22H2,1-6H3,(H,42,43,44)/t23?,30-,32-,33+/m1/s1. The van der Waals surface area contributed by atoms with Crippen LogP contribution in [-0.4, -0.2) is 94.9 Å². The van der Waals surface area contributed by atoms with Gasteiger partial charge in [-0.05, 0) is 70.2 Å². The Kier molecular flexibility index (Phi) is 11.1.